The average molecular weight is 677 g/mol. The molecule has 11 atom stereocenters. The van der Waals surface area contributed by atoms with Crippen LogP contribution in [-0.2, 0) is 28.6 Å². The molecule has 0 aromatic carbocycles. The van der Waals surface area contributed by atoms with Crippen LogP contribution in [0.1, 0.15) is 133 Å². The van der Waals surface area contributed by atoms with Gasteiger partial charge in [-0.2, -0.15) is 0 Å². The Balaban J connectivity index is 1.63. The van der Waals surface area contributed by atoms with Gasteiger partial charge in [0.05, 0.1) is 37.3 Å². The zero-order valence-electron chi connectivity index (χ0n) is 31.5. The zero-order chi connectivity index (χ0) is 36.3. The van der Waals surface area contributed by atoms with Gasteiger partial charge in [0.25, 0.3) is 0 Å². The Bertz CT molecular complexity index is 1260. The minimum absolute atomic E-state index is 0.0779. The molecule has 3 N–H and O–H groups in total. The lowest BCUT2D eigenvalue weighted by atomic mass is 9.40. The topological polar surface area (TPSA) is 140 Å². The third-order valence-electron chi connectivity index (χ3n) is 14.0. The van der Waals surface area contributed by atoms with Crippen molar-refractivity contribution in [3.8, 4) is 0 Å². The number of methoxy groups -OCH3 is 1. The SMILES string of the molecule is COC(=O)C[C@@](C)(O)CC(=O)O[C@@H]1C[C@]2(C)C3=CC[C@]4(C)[C@@H]([C@H](C)CC[C@@H](O)C(C)(C)O)CC[C@@]4(C)[C@H]3CC[C@@H]2C(C)(C)[C@H]1OC(C)=O. The lowest BCUT2D eigenvalue weighted by Gasteiger charge is -2.65. The Labute approximate surface area is 288 Å². The van der Waals surface area contributed by atoms with Gasteiger partial charge in [-0.3, -0.25) is 14.4 Å². The third kappa shape index (κ3) is 6.99. The van der Waals surface area contributed by atoms with Gasteiger partial charge in [0.2, 0.25) is 0 Å². The maximum Gasteiger partial charge on any atom is 0.309 e. The van der Waals surface area contributed by atoms with Gasteiger partial charge in [-0.25, -0.2) is 0 Å². The highest BCUT2D eigenvalue weighted by molar-refractivity contribution is 5.75. The summed E-state index contributed by atoms with van der Waals surface area (Å²) in [5, 5.41) is 31.7. The summed E-state index contributed by atoms with van der Waals surface area (Å²) in [4.78, 5) is 37.6. The van der Waals surface area contributed by atoms with E-state index in [1.54, 1.807) is 13.8 Å². The molecule has 0 saturated heterocycles. The van der Waals surface area contributed by atoms with E-state index < -0.39 is 52.8 Å². The van der Waals surface area contributed by atoms with Crippen molar-refractivity contribution in [1.82, 2.24) is 0 Å². The molecule has 0 aromatic rings. The number of hydrogen-bond donors (Lipinski definition) is 3. The van der Waals surface area contributed by atoms with Crippen LogP contribution in [0.2, 0.25) is 0 Å². The molecule has 9 nitrogen and oxygen atoms in total. The second-order valence-corrected chi connectivity index (χ2v) is 18.2. The number of fused-ring (bicyclic) bond motifs is 5. The minimum atomic E-state index is -1.64. The number of aliphatic hydroxyl groups is 3. The van der Waals surface area contributed by atoms with E-state index in [2.05, 4.69) is 47.6 Å². The molecule has 48 heavy (non-hydrogen) atoms. The summed E-state index contributed by atoms with van der Waals surface area (Å²) in [6.45, 7) is 20.0. The van der Waals surface area contributed by atoms with Gasteiger partial charge in [0.1, 0.15) is 12.2 Å². The van der Waals surface area contributed by atoms with Crippen molar-refractivity contribution in [3.05, 3.63) is 11.6 Å². The van der Waals surface area contributed by atoms with E-state index in [4.69, 9.17) is 14.2 Å². The molecule has 274 valence electrons. The van der Waals surface area contributed by atoms with Gasteiger partial charge >= 0.3 is 17.9 Å². The van der Waals surface area contributed by atoms with Crippen LogP contribution >= 0.6 is 0 Å². The molecule has 4 rings (SSSR count). The number of allylic oxidation sites excluding steroid dienone is 2. The fourth-order valence-electron chi connectivity index (χ4n) is 11.2. The standard InChI is InChI=1S/C39H64O9/c1-23(12-15-30(41)35(5,6)44)25-16-18-39(10)27-13-14-29-34(3,4)33(47-24(2)40)28(20-37(29,8)26(27)17-19-38(25,39)9)48-32(43)22-36(7,45)21-31(42)46-11/h17,23,25,27-30,33,41,44-45H,12-16,18-22H2,1-11H3/t23-,25-,27+,28-,29-,30-,33+,36-,37-,38-,39+/m1/s1. The smallest absolute Gasteiger partial charge is 0.309 e. The Morgan fingerprint density at radius 2 is 1.56 bits per heavy atom. The van der Waals surface area contributed by atoms with E-state index in [9.17, 15) is 29.7 Å². The van der Waals surface area contributed by atoms with Gasteiger partial charge < -0.3 is 29.5 Å². The van der Waals surface area contributed by atoms with Crippen LogP contribution in [0.5, 0.6) is 0 Å². The normalized spacial score (nSPS) is 38.2. The Morgan fingerprint density at radius 3 is 2.15 bits per heavy atom. The Morgan fingerprint density at radius 1 is 0.938 bits per heavy atom. The fourth-order valence-corrected chi connectivity index (χ4v) is 11.2. The first-order valence-corrected chi connectivity index (χ1v) is 18.2. The Hall–Kier alpha value is -1.97. The van der Waals surface area contributed by atoms with E-state index in [0.29, 0.717) is 30.6 Å². The minimum Gasteiger partial charge on any atom is -0.469 e. The summed E-state index contributed by atoms with van der Waals surface area (Å²) in [6, 6.07) is 0. The van der Waals surface area contributed by atoms with Crippen LogP contribution in [-0.4, -0.2) is 69.9 Å². The number of aliphatic hydroxyl groups excluding tert-OH is 1. The summed E-state index contributed by atoms with van der Waals surface area (Å²) >= 11 is 0. The molecule has 0 spiro atoms. The van der Waals surface area contributed by atoms with E-state index >= 15 is 0 Å². The first-order valence-electron chi connectivity index (χ1n) is 18.2. The largest absolute Gasteiger partial charge is 0.469 e. The second-order valence-electron chi connectivity index (χ2n) is 18.2. The van der Waals surface area contributed by atoms with Crippen LogP contribution in [0, 0.1) is 45.3 Å². The van der Waals surface area contributed by atoms with Crippen molar-refractivity contribution in [2.24, 2.45) is 45.3 Å². The quantitative estimate of drug-likeness (QED) is 0.131. The van der Waals surface area contributed by atoms with Crippen molar-refractivity contribution in [2.75, 3.05) is 7.11 Å². The summed E-state index contributed by atoms with van der Waals surface area (Å²) in [6.07, 6.45) is 6.84. The van der Waals surface area contributed by atoms with Gasteiger partial charge in [0, 0.05) is 12.3 Å². The van der Waals surface area contributed by atoms with Gasteiger partial charge in [-0.05, 0) is 112 Å². The van der Waals surface area contributed by atoms with Crippen LogP contribution in [0.4, 0.5) is 0 Å². The zero-order valence-corrected chi connectivity index (χ0v) is 31.5. The average Bonchev–Trinajstić information content (AvgIpc) is 3.23. The number of ether oxygens (including phenoxy) is 3. The van der Waals surface area contributed by atoms with E-state index in [1.165, 1.54) is 26.5 Å². The summed E-state index contributed by atoms with van der Waals surface area (Å²) < 4.78 is 16.8. The van der Waals surface area contributed by atoms with Gasteiger partial charge in [0.15, 0.2) is 0 Å². The Kier molecular flexibility index (Phi) is 10.8. The number of hydrogen-bond acceptors (Lipinski definition) is 9. The number of rotatable bonds is 11. The molecule has 3 saturated carbocycles. The lowest BCUT2D eigenvalue weighted by molar-refractivity contribution is -0.211. The van der Waals surface area contributed by atoms with E-state index in [0.717, 1.165) is 38.5 Å². The summed E-state index contributed by atoms with van der Waals surface area (Å²) in [5.74, 6) is -0.206. The highest BCUT2D eigenvalue weighted by Crippen LogP contribution is 2.73. The first kappa shape index (κ1) is 38.8. The molecule has 0 radical (unpaired) electrons. The second kappa shape index (κ2) is 13.3. The first-order chi connectivity index (χ1) is 21.9. The molecule has 0 bridgehead atoms. The molecule has 4 aliphatic carbocycles. The predicted molar refractivity (Wildman–Crippen MR) is 182 cm³/mol. The summed E-state index contributed by atoms with van der Waals surface area (Å²) in [5.41, 5.74) is -1.94. The number of carbonyl (C=O) groups is 3. The van der Waals surface area contributed by atoms with E-state index in [1.807, 2.05) is 0 Å². The summed E-state index contributed by atoms with van der Waals surface area (Å²) in [7, 11) is 1.24. The van der Waals surface area contributed by atoms with Crippen LogP contribution in [0.15, 0.2) is 11.6 Å². The number of esters is 3. The van der Waals surface area contributed by atoms with Crippen LogP contribution in [0.25, 0.3) is 0 Å². The molecular formula is C39H64O9. The van der Waals surface area contributed by atoms with Crippen LogP contribution in [0.3, 0.4) is 0 Å². The molecule has 3 fully saturated rings. The molecule has 0 aromatic heterocycles. The van der Waals surface area contributed by atoms with Crippen LogP contribution < -0.4 is 0 Å². The molecule has 0 amide bonds. The highest BCUT2D eigenvalue weighted by atomic mass is 16.6. The van der Waals surface area contributed by atoms with Crippen molar-refractivity contribution in [2.45, 2.75) is 163 Å². The van der Waals surface area contributed by atoms with Crippen molar-refractivity contribution in [3.63, 3.8) is 0 Å². The van der Waals surface area contributed by atoms with Gasteiger partial charge in [-0.1, -0.05) is 53.2 Å². The highest BCUT2D eigenvalue weighted by Gasteiger charge is 2.67. The molecular weight excluding hydrogens is 612 g/mol. The maximum atomic E-state index is 13.4. The van der Waals surface area contributed by atoms with Crippen molar-refractivity contribution >= 4 is 17.9 Å². The van der Waals surface area contributed by atoms with Crippen molar-refractivity contribution < 1.29 is 43.9 Å². The molecule has 4 aliphatic rings. The third-order valence-corrected chi connectivity index (χ3v) is 14.0. The molecule has 0 heterocycles. The lowest BCUT2D eigenvalue weighted by Crippen LogP contribution is -2.63. The maximum absolute atomic E-state index is 13.4. The molecule has 0 aliphatic heterocycles. The molecule has 0 unspecified atom stereocenters. The fraction of sp³-hybridized carbons (Fsp3) is 0.872. The van der Waals surface area contributed by atoms with E-state index in [-0.39, 0.29) is 35.0 Å². The van der Waals surface area contributed by atoms with Gasteiger partial charge in [-0.15, -0.1) is 0 Å². The van der Waals surface area contributed by atoms with Crippen molar-refractivity contribution in [1.29, 1.82) is 0 Å². The molecule has 9 heteroatoms. The predicted octanol–water partition coefficient (Wildman–Crippen LogP) is 6.30. The monoisotopic (exact) mass is 676 g/mol. The number of carbonyl (C=O) groups excluding carboxylic acids is 3.